The Morgan fingerprint density at radius 1 is 1.12 bits per heavy atom. The lowest BCUT2D eigenvalue weighted by Crippen LogP contribution is -2.28. The summed E-state index contributed by atoms with van der Waals surface area (Å²) in [6.07, 6.45) is 2.54. The highest BCUT2D eigenvalue weighted by atomic mass is 127. The first-order chi connectivity index (χ1) is 8.14. The second kappa shape index (κ2) is 8.05. The predicted molar refractivity (Wildman–Crippen MR) is 80.1 cm³/mol. The lowest BCUT2D eigenvalue weighted by molar-refractivity contribution is 0.578. The van der Waals surface area contributed by atoms with Crippen molar-refractivity contribution >= 4 is 32.6 Å². The Labute approximate surface area is 117 Å². The number of rotatable bonds is 8. The molecule has 96 valence electrons. The molecule has 0 aliphatic carbocycles. The Morgan fingerprint density at radius 2 is 1.82 bits per heavy atom. The van der Waals surface area contributed by atoms with Crippen molar-refractivity contribution in [2.45, 2.75) is 19.3 Å². The van der Waals surface area contributed by atoms with Crippen LogP contribution >= 0.6 is 22.6 Å². The van der Waals surface area contributed by atoms with Crippen LogP contribution in [0.1, 0.15) is 18.4 Å². The van der Waals surface area contributed by atoms with Crippen LogP contribution in [0.5, 0.6) is 0 Å². The van der Waals surface area contributed by atoms with E-state index in [2.05, 4.69) is 27.3 Å². The van der Waals surface area contributed by atoms with Crippen LogP contribution in [0.3, 0.4) is 0 Å². The highest BCUT2D eigenvalue weighted by molar-refractivity contribution is 14.1. The molecule has 0 radical (unpaired) electrons. The third kappa shape index (κ3) is 7.00. The minimum Gasteiger partial charge on any atom is -0.215 e. The molecule has 0 aliphatic heterocycles. The van der Waals surface area contributed by atoms with E-state index in [-0.39, 0.29) is 5.75 Å². The maximum Gasteiger partial charge on any atom is 0.211 e. The molecular weight excluding hydrogens is 349 g/mol. The Balaban J connectivity index is 2.30. The molecule has 0 saturated carbocycles. The summed E-state index contributed by atoms with van der Waals surface area (Å²) in [7, 11) is -3.11. The van der Waals surface area contributed by atoms with Crippen molar-refractivity contribution < 1.29 is 8.42 Å². The normalized spacial score (nSPS) is 11.6. The molecule has 5 heteroatoms. The van der Waals surface area contributed by atoms with E-state index in [1.807, 2.05) is 30.3 Å². The summed E-state index contributed by atoms with van der Waals surface area (Å²) in [6, 6.07) is 9.68. The molecular formula is C12H18INO2S. The first kappa shape index (κ1) is 14.9. The molecule has 0 bridgehead atoms. The lowest BCUT2D eigenvalue weighted by atomic mass is 10.2. The van der Waals surface area contributed by atoms with Crippen LogP contribution in [-0.2, 0) is 16.4 Å². The number of hydrogen-bond acceptors (Lipinski definition) is 2. The van der Waals surface area contributed by atoms with Gasteiger partial charge in [0, 0.05) is 6.54 Å². The molecule has 0 unspecified atom stereocenters. The van der Waals surface area contributed by atoms with Crippen LogP contribution in [0.15, 0.2) is 30.3 Å². The quantitative estimate of drug-likeness (QED) is 0.436. The Hall–Kier alpha value is -0.140. The van der Waals surface area contributed by atoms with Crippen molar-refractivity contribution in [3.63, 3.8) is 0 Å². The molecule has 1 aromatic carbocycles. The molecule has 3 nitrogen and oxygen atoms in total. The van der Waals surface area contributed by atoms with Gasteiger partial charge in [0.1, 0.15) is 0 Å². The van der Waals surface area contributed by atoms with Gasteiger partial charge in [-0.05, 0) is 29.3 Å². The van der Waals surface area contributed by atoms with Gasteiger partial charge in [0.05, 0.1) is 5.75 Å². The fourth-order valence-corrected chi connectivity index (χ4v) is 3.06. The minimum absolute atomic E-state index is 0.168. The number of sulfonamides is 1. The van der Waals surface area contributed by atoms with Crippen LogP contribution in [0.25, 0.3) is 0 Å². The molecule has 0 fully saturated rings. The molecule has 0 saturated heterocycles. The van der Waals surface area contributed by atoms with Crippen LogP contribution < -0.4 is 4.72 Å². The van der Waals surface area contributed by atoms with Crippen molar-refractivity contribution in [2.24, 2.45) is 0 Å². The molecule has 0 atom stereocenters. The summed E-state index contributed by atoms with van der Waals surface area (Å²) in [6.45, 7) is 0.556. The van der Waals surface area contributed by atoms with Crippen LogP contribution in [0.4, 0.5) is 0 Å². The van der Waals surface area contributed by atoms with E-state index < -0.39 is 10.0 Å². The van der Waals surface area contributed by atoms with E-state index in [9.17, 15) is 8.42 Å². The summed E-state index contributed by atoms with van der Waals surface area (Å²) in [5.41, 5.74) is 1.06. The van der Waals surface area contributed by atoms with E-state index in [0.29, 0.717) is 13.0 Å². The number of halogens is 1. The SMILES string of the molecule is O=S(=O)(CCc1ccccc1)NCCCCI. The topological polar surface area (TPSA) is 46.2 Å². The van der Waals surface area contributed by atoms with Gasteiger partial charge in [0.25, 0.3) is 0 Å². The Bertz CT molecular complexity index is 406. The minimum atomic E-state index is -3.11. The molecule has 1 N–H and O–H groups in total. The lowest BCUT2D eigenvalue weighted by Gasteiger charge is -2.06. The number of benzene rings is 1. The maximum absolute atomic E-state index is 11.7. The van der Waals surface area contributed by atoms with E-state index >= 15 is 0 Å². The van der Waals surface area contributed by atoms with Crippen LogP contribution in [0.2, 0.25) is 0 Å². The maximum atomic E-state index is 11.7. The predicted octanol–water partition coefficient (Wildman–Crippen LogP) is 2.36. The van der Waals surface area contributed by atoms with Gasteiger partial charge in [-0.3, -0.25) is 0 Å². The average molecular weight is 367 g/mol. The largest absolute Gasteiger partial charge is 0.215 e. The highest BCUT2D eigenvalue weighted by Gasteiger charge is 2.09. The fraction of sp³-hybridized carbons (Fsp3) is 0.500. The molecule has 17 heavy (non-hydrogen) atoms. The van der Waals surface area contributed by atoms with Crippen molar-refractivity contribution in [1.82, 2.24) is 4.72 Å². The average Bonchev–Trinajstić information content (AvgIpc) is 2.34. The molecule has 0 heterocycles. The number of nitrogens with one attached hydrogen (secondary N) is 1. The van der Waals surface area contributed by atoms with Crippen molar-refractivity contribution in [2.75, 3.05) is 16.7 Å². The molecule has 0 spiro atoms. The summed E-state index contributed by atoms with van der Waals surface area (Å²) in [5, 5.41) is 0. The zero-order valence-electron chi connectivity index (χ0n) is 9.73. The standard InChI is InChI=1S/C12H18INO2S/c13-9-4-5-10-14-17(15,16)11-8-12-6-2-1-3-7-12/h1-3,6-7,14H,4-5,8-11H2. The van der Waals surface area contributed by atoms with Crippen LogP contribution in [0, 0.1) is 0 Å². The fourth-order valence-electron chi connectivity index (χ4n) is 1.42. The highest BCUT2D eigenvalue weighted by Crippen LogP contribution is 2.01. The zero-order valence-corrected chi connectivity index (χ0v) is 12.7. The van der Waals surface area contributed by atoms with Gasteiger partial charge in [-0.25, -0.2) is 13.1 Å². The number of unbranched alkanes of at least 4 members (excludes halogenated alkanes) is 1. The van der Waals surface area contributed by atoms with Crippen molar-refractivity contribution in [3.05, 3.63) is 35.9 Å². The molecule has 1 aromatic rings. The van der Waals surface area contributed by atoms with Crippen molar-refractivity contribution in [3.8, 4) is 0 Å². The molecule has 0 aliphatic rings. The second-order valence-corrected chi connectivity index (χ2v) is 6.85. The van der Waals surface area contributed by atoms with Gasteiger partial charge in [0.15, 0.2) is 0 Å². The molecule has 0 aromatic heterocycles. The second-order valence-electron chi connectivity index (χ2n) is 3.84. The van der Waals surface area contributed by atoms with E-state index in [0.717, 1.165) is 22.8 Å². The van der Waals surface area contributed by atoms with Gasteiger partial charge in [0.2, 0.25) is 10.0 Å². The Morgan fingerprint density at radius 3 is 2.47 bits per heavy atom. The third-order valence-electron chi connectivity index (χ3n) is 2.38. The van der Waals surface area contributed by atoms with Gasteiger partial charge in [-0.2, -0.15) is 0 Å². The van der Waals surface area contributed by atoms with Gasteiger partial charge in [-0.1, -0.05) is 52.9 Å². The van der Waals surface area contributed by atoms with E-state index in [4.69, 9.17) is 0 Å². The summed E-state index contributed by atoms with van der Waals surface area (Å²) < 4.78 is 27.0. The third-order valence-corrected chi connectivity index (χ3v) is 4.53. The van der Waals surface area contributed by atoms with Gasteiger partial charge in [-0.15, -0.1) is 0 Å². The summed E-state index contributed by atoms with van der Waals surface area (Å²) >= 11 is 2.30. The van der Waals surface area contributed by atoms with Gasteiger partial charge < -0.3 is 0 Å². The molecule has 0 amide bonds. The first-order valence-electron chi connectivity index (χ1n) is 5.71. The number of alkyl halides is 1. The smallest absolute Gasteiger partial charge is 0.211 e. The number of aryl methyl sites for hydroxylation is 1. The summed E-state index contributed by atoms with van der Waals surface area (Å²) in [4.78, 5) is 0. The van der Waals surface area contributed by atoms with Crippen LogP contribution in [-0.4, -0.2) is 25.1 Å². The molecule has 1 rings (SSSR count). The van der Waals surface area contributed by atoms with Crippen molar-refractivity contribution in [1.29, 1.82) is 0 Å². The summed E-state index contributed by atoms with van der Waals surface area (Å²) in [5.74, 6) is 0.168. The van der Waals surface area contributed by atoms with Gasteiger partial charge >= 0.3 is 0 Å². The van der Waals surface area contributed by atoms with E-state index in [1.54, 1.807) is 0 Å². The number of hydrogen-bond donors (Lipinski definition) is 1. The zero-order chi connectivity index (χ0) is 12.6. The first-order valence-corrected chi connectivity index (χ1v) is 8.89. The van der Waals surface area contributed by atoms with E-state index in [1.165, 1.54) is 0 Å². The Kier molecular flexibility index (Phi) is 7.06. The monoisotopic (exact) mass is 367 g/mol.